The molecule has 10 heteroatoms. The Morgan fingerprint density at radius 2 is 1.79 bits per heavy atom. The van der Waals surface area contributed by atoms with Crippen LogP contribution in [0.4, 0.5) is 5.69 Å². The second-order valence-electron chi connectivity index (χ2n) is 8.06. The Morgan fingerprint density at radius 1 is 1.09 bits per heavy atom. The van der Waals surface area contributed by atoms with Gasteiger partial charge >= 0.3 is 0 Å². The van der Waals surface area contributed by atoms with Crippen LogP contribution in [0.15, 0.2) is 47.0 Å². The molecular weight excluding hydrogens is 438 g/mol. The van der Waals surface area contributed by atoms with Crippen molar-refractivity contribution in [2.45, 2.75) is 19.4 Å². The molecule has 0 spiro atoms. The van der Waals surface area contributed by atoms with Crippen molar-refractivity contribution >= 4 is 17.5 Å². The summed E-state index contributed by atoms with van der Waals surface area (Å²) in [7, 11) is 3.16. The molecule has 3 N–H and O–H groups in total. The molecule has 0 saturated carbocycles. The molecular formula is C24H27N5O5. The van der Waals surface area contributed by atoms with Crippen molar-refractivity contribution in [1.29, 1.82) is 0 Å². The molecule has 10 nitrogen and oxygen atoms in total. The van der Waals surface area contributed by atoms with Crippen LogP contribution >= 0.6 is 0 Å². The molecule has 2 aromatic carbocycles. The summed E-state index contributed by atoms with van der Waals surface area (Å²) in [6.07, 6.45) is 1.45. The zero-order valence-corrected chi connectivity index (χ0v) is 19.1. The number of rotatable bonds is 8. The topological polar surface area (TPSA) is 133 Å². The van der Waals surface area contributed by atoms with Crippen molar-refractivity contribution < 1.29 is 23.6 Å². The van der Waals surface area contributed by atoms with Crippen LogP contribution in [0.1, 0.15) is 29.1 Å². The van der Waals surface area contributed by atoms with E-state index in [0.29, 0.717) is 41.0 Å². The molecule has 178 valence electrons. The van der Waals surface area contributed by atoms with Gasteiger partial charge in [0.15, 0.2) is 11.5 Å². The van der Waals surface area contributed by atoms with Crippen LogP contribution in [-0.2, 0) is 11.3 Å². The lowest BCUT2D eigenvalue weighted by Crippen LogP contribution is -2.37. The molecule has 1 fully saturated rings. The Balaban J connectivity index is 1.29. The van der Waals surface area contributed by atoms with Gasteiger partial charge in [-0.1, -0.05) is 5.16 Å². The summed E-state index contributed by atoms with van der Waals surface area (Å²) in [6.45, 7) is 2.00. The number of nitrogens with two attached hydrogens (primary N) is 1. The smallest absolute Gasteiger partial charge is 0.248 e. The summed E-state index contributed by atoms with van der Waals surface area (Å²) in [4.78, 5) is 30.5. The molecule has 2 amide bonds. The van der Waals surface area contributed by atoms with E-state index in [4.69, 9.17) is 19.7 Å². The highest BCUT2D eigenvalue weighted by Gasteiger charge is 2.26. The van der Waals surface area contributed by atoms with Crippen LogP contribution < -0.4 is 20.5 Å². The number of likely N-dealkylation sites (tertiary alicyclic amines) is 1. The van der Waals surface area contributed by atoms with Gasteiger partial charge in [0.05, 0.1) is 20.8 Å². The number of amides is 2. The number of nitrogens with zero attached hydrogens (tertiary/aromatic N) is 3. The number of anilines is 1. The lowest BCUT2D eigenvalue weighted by Gasteiger charge is -2.30. The molecule has 2 heterocycles. The number of carbonyl (C=O) groups is 2. The van der Waals surface area contributed by atoms with Gasteiger partial charge < -0.3 is 25.0 Å². The first-order valence-corrected chi connectivity index (χ1v) is 10.9. The summed E-state index contributed by atoms with van der Waals surface area (Å²) in [5.41, 5.74) is 7.07. The average molecular weight is 466 g/mol. The predicted molar refractivity (Wildman–Crippen MR) is 124 cm³/mol. The first kappa shape index (κ1) is 23.2. The molecule has 0 atom stereocenters. The molecule has 1 aromatic heterocycles. The number of primary amides is 1. The summed E-state index contributed by atoms with van der Waals surface area (Å²) >= 11 is 0. The van der Waals surface area contributed by atoms with Gasteiger partial charge in [-0.25, -0.2) is 0 Å². The SMILES string of the molecule is COc1ccc(-c2noc(CN3CCC(C(=O)Nc4ccc(C(N)=O)cc4)CC3)n2)cc1OC. The van der Waals surface area contributed by atoms with Gasteiger partial charge in [0, 0.05) is 22.7 Å². The van der Waals surface area contributed by atoms with Gasteiger partial charge in [0.1, 0.15) is 0 Å². The normalized spacial score (nSPS) is 14.5. The second kappa shape index (κ2) is 10.3. The standard InChI is InChI=1S/C24H27N5O5/c1-32-19-8-5-17(13-20(19)33-2)23-27-21(34-28-23)14-29-11-9-16(10-12-29)24(31)26-18-6-3-15(4-7-18)22(25)30/h3-8,13,16H,9-12,14H2,1-2H3,(H2,25,30)(H,26,31). The lowest BCUT2D eigenvalue weighted by molar-refractivity contribution is -0.121. The Hall–Kier alpha value is -3.92. The van der Waals surface area contributed by atoms with Crippen LogP contribution in [0.25, 0.3) is 11.4 Å². The largest absolute Gasteiger partial charge is 0.493 e. The van der Waals surface area contributed by atoms with Crippen LogP contribution in [-0.4, -0.2) is 54.2 Å². The number of nitrogens with one attached hydrogen (secondary N) is 1. The third-order valence-corrected chi connectivity index (χ3v) is 5.86. The third-order valence-electron chi connectivity index (χ3n) is 5.86. The fraction of sp³-hybridized carbons (Fsp3) is 0.333. The number of carbonyl (C=O) groups excluding carboxylic acids is 2. The quantitative estimate of drug-likeness (QED) is 0.519. The van der Waals surface area contributed by atoms with E-state index in [1.807, 2.05) is 6.07 Å². The van der Waals surface area contributed by atoms with Crippen LogP contribution in [0.2, 0.25) is 0 Å². The molecule has 0 bridgehead atoms. The second-order valence-corrected chi connectivity index (χ2v) is 8.06. The Morgan fingerprint density at radius 3 is 2.44 bits per heavy atom. The minimum atomic E-state index is -0.498. The number of ether oxygens (including phenoxy) is 2. The van der Waals surface area contributed by atoms with Gasteiger partial charge in [0.2, 0.25) is 23.5 Å². The summed E-state index contributed by atoms with van der Waals surface area (Å²) in [6, 6.07) is 12.0. The Bertz CT molecular complexity index is 1150. The van der Waals surface area contributed by atoms with E-state index >= 15 is 0 Å². The van der Waals surface area contributed by atoms with E-state index in [1.54, 1.807) is 50.6 Å². The van der Waals surface area contributed by atoms with Gasteiger partial charge in [-0.05, 0) is 68.4 Å². The van der Waals surface area contributed by atoms with Crippen molar-refractivity contribution in [2.24, 2.45) is 11.7 Å². The highest BCUT2D eigenvalue weighted by atomic mass is 16.5. The summed E-state index contributed by atoms with van der Waals surface area (Å²) < 4.78 is 16.0. The summed E-state index contributed by atoms with van der Waals surface area (Å²) in [5.74, 6) is 1.61. The zero-order valence-electron chi connectivity index (χ0n) is 19.1. The number of benzene rings is 2. The lowest BCUT2D eigenvalue weighted by atomic mass is 9.96. The maximum Gasteiger partial charge on any atom is 0.248 e. The Kier molecular flexibility index (Phi) is 7.07. The number of hydrogen-bond donors (Lipinski definition) is 2. The molecule has 3 aromatic rings. The van der Waals surface area contributed by atoms with Gasteiger partial charge in [-0.15, -0.1) is 0 Å². The van der Waals surface area contributed by atoms with E-state index in [9.17, 15) is 9.59 Å². The van der Waals surface area contributed by atoms with Crippen LogP contribution in [0.3, 0.4) is 0 Å². The van der Waals surface area contributed by atoms with E-state index < -0.39 is 5.91 Å². The third kappa shape index (κ3) is 5.34. The predicted octanol–water partition coefficient (Wildman–Crippen LogP) is 2.70. The van der Waals surface area contributed by atoms with Crippen molar-refractivity contribution in [2.75, 3.05) is 32.6 Å². The van der Waals surface area contributed by atoms with E-state index in [1.165, 1.54) is 0 Å². The first-order chi connectivity index (χ1) is 16.5. The van der Waals surface area contributed by atoms with Crippen molar-refractivity contribution in [3.8, 4) is 22.9 Å². The minimum Gasteiger partial charge on any atom is -0.493 e. The zero-order chi connectivity index (χ0) is 24.1. The first-order valence-electron chi connectivity index (χ1n) is 10.9. The minimum absolute atomic E-state index is 0.0278. The average Bonchev–Trinajstić information content (AvgIpc) is 3.32. The van der Waals surface area contributed by atoms with Gasteiger partial charge in [-0.2, -0.15) is 4.98 Å². The van der Waals surface area contributed by atoms with Crippen molar-refractivity contribution in [3.63, 3.8) is 0 Å². The van der Waals surface area contributed by atoms with Crippen molar-refractivity contribution in [1.82, 2.24) is 15.0 Å². The number of hydrogen-bond acceptors (Lipinski definition) is 8. The Labute approximate surface area is 197 Å². The van der Waals surface area contributed by atoms with Crippen LogP contribution in [0.5, 0.6) is 11.5 Å². The highest BCUT2D eigenvalue weighted by Crippen LogP contribution is 2.31. The molecule has 1 aliphatic heterocycles. The van der Waals surface area contributed by atoms with Crippen LogP contribution in [0, 0.1) is 5.92 Å². The molecule has 1 saturated heterocycles. The number of methoxy groups -OCH3 is 2. The van der Waals surface area contributed by atoms with E-state index in [2.05, 4.69) is 20.4 Å². The molecule has 0 radical (unpaired) electrons. The van der Waals surface area contributed by atoms with Gasteiger partial charge in [-0.3, -0.25) is 14.5 Å². The monoisotopic (exact) mass is 465 g/mol. The van der Waals surface area contributed by atoms with Gasteiger partial charge in [0.25, 0.3) is 0 Å². The maximum absolute atomic E-state index is 12.6. The van der Waals surface area contributed by atoms with E-state index in [-0.39, 0.29) is 11.8 Å². The highest BCUT2D eigenvalue weighted by molar-refractivity contribution is 5.95. The molecule has 0 unspecified atom stereocenters. The maximum atomic E-state index is 12.6. The molecule has 1 aliphatic rings. The number of aromatic nitrogens is 2. The molecule has 34 heavy (non-hydrogen) atoms. The fourth-order valence-corrected chi connectivity index (χ4v) is 3.92. The molecule has 4 rings (SSSR count). The summed E-state index contributed by atoms with van der Waals surface area (Å²) in [5, 5.41) is 7.00. The number of piperidine rings is 1. The molecule has 0 aliphatic carbocycles. The fourth-order valence-electron chi connectivity index (χ4n) is 3.92. The van der Waals surface area contributed by atoms with Crippen molar-refractivity contribution in [3.05, 3.63) is 53.9 Å². The van der Waals surface area contributed by atoms with E-state index in [0.717, 1.165) is 31.5 Å².